The SMILES string of the molecule is C[C@H]1CCc2sc(C(=O)N(C)Cc3ccc(Cl)cc3Cl)cc2C1. The number of carbonyl (C=O) groups is 1. The number of thiophene rings is 1. The minimum Gasteiger partial charge on any atom is -0.337 e. The van der Waals surface area contributed by atoms with Crippen LogP contribution < -0.4 is 0 Å². The smallest absolute Gasteiger partial charge is 0.263 e. The van der Waals surface area contributed by atoms with Gasteiger partial charge < -0.3 is 4.90 Å². The summed E-state index contributed by atoms with van der Waals surface area (Å²) >= 11 is 13.8. The van der Waals surface area contributed by atoms with Gasteiger partial charge in [0, 0.05) is 28.5 Å². The maximum absolute atomic E-state index is 12.7. The van der Waals surface area contributed by atoms with Gasteiger partial charge in [-0.2, -0.15) is 0 Å². The van der Waals surface area contributed by atoms with E-state index in [4.69, 9.17) is 23.2 Å². The van der Waals surface area contributed by atoms with Crippen LogP contribution in [0.15, 0.2) is 24.3 Å². The molecule has 2 nitrogen and oxygen atoms in total. The Balaban J connectivity index is 1.75. The van der Waals surface area contributed by atoms with Crippen LogP contribution in [0.2, 0.25) is 10.0 Å². The van der Waals surface area contributed by atoms with E-state index in [2.05, 4.69) is 13.0 Å². The number of halogens is 2. The first kappa shape index (κ1) is 16.8. The maximum atomic E-state index is 12.7. The van der Waals surface area contributed by atoms with Crippen LogP contribution in [0.25, 0.3) is 0 Å². The summed E-state index contributed by atoms with van der Waals surface area (Å²) in [4.78, 5) is 16.6. The van der Waals surface area contributed by atoms with Crippen molar-refractivity contribution < 1.29 is 4.79 Å². The predicted octanol–water partition coefficient (Wildman–Crippen LogP) is 5.45. The highest BCUT2D eigenvalue weighted by Crippen LogP contribution is 2.33. The molecule has 0 fully saturated rings. The van der Waals surface area contributed by atoms with Crippen LogP contribution in [0.5, 0.6) is 0 Å². The number of rotatable bonds is 3. The van der Waals surface area contributed by atoms with E-state index in [1.807, 2.05) is 13.1 Å². The van der Waals surface area contributed by atoms with E-state index in [1.165, 1.54) is 16.9 Å². The Morgan fingerprint density at radius 2 is 2.13 bits per heavy atom. The summed E-state index contributed by atoms with van der Waals surface area (Å²) in [6.45, 7) is 2.75. The Bertz CT molecular complexity index is 741. The van der Waals surface area contributed by atoms with Gasteiger partial charge >= 0.3 is 0 Å². The van der Waals surface area contributed by atoms with Gasteiger partial charge in [0.25, 0.3) is 5.91 Å². The molecule has 1 atom stereocenters. The first-order valence-electron chi connectivity index (χ1n) is 7.75. The molecule has 122 valence electrons. The third kappa shape index (κ3) is 3.73. The molecule has 1 aliphatic carbocycles. The van der Waals surface area contributed by atoms with E-state index in [9.17, 15) is 4.79 Å². The average Bonchev–Trinajstić information content (AvgIpc) is 2.92. The molecule has 3 rings (SSSR count). The quantitative estimate of drug-likeness (QED) is 0.705. The van der Waals surface area contributed by atoms with E-state index in [-0.39, 0.29) is 5.91 Å². The third-order valence-corrected chi connectivity index (χ3v) is 6.12. The van der Waals surface area contributed by atoms with Gasteiger partial charge in [-0.25, -0.2) is 0 Å². The number of benzene rings is 1. The first-order valence-corrected chi connectivity index (χ1v) is 9.32. The molecular formula is C18H19Cl2NOS. The van der Waals surface area contributed by atoms with E-state index >= 15 is 0 Å². The van der Waals surface area contributed by atoms with Crippen molar-refractivity contribution in [3.8, 4) is 0 Å². The number of hydrogen-bond donors (Lipinski definition) is 0. The molecule has 5 heteroatoms. The number of amides is 1. The molecule has 2 aromatic rings. The molecule has 1 amide bonds. The zero-order chi connectivity index (χ0) is 16.6. The number of hydrogen-bond acceptors (Lipinski definition) is 2. The lowest BCUT2D eigenvalue weighted by Gasteiger charge is -2.17. The minimum atomic E-state index is 0.0584. The third-order valence-electron chi connectivity index (χ3n) is 4.31. The number of fused-ring (bicyclic) bond motifs is 1. The van der Waals surface area contributed by atoms with Crippen molar-refractivity contribution in [3.63, 3.8) is 0 Å². The lowest BCUT2D eigenvalue weighted by Crippen LogP contribution is -2.25. The molecule has 1 aromatic heterocycles. The van der Waals surface area contributed by atoms with Gasteiger partial charge in [0.2, 0.25) is 0 Å². The molecule has 0 saturated heterocycles. The van der Waals surface area contributed by atoms with Crippen LogP contribution in [0.3, 0.4) is 0 Å². The second-order valence-corrected chi connectivity index (χ2v) is 8.28. The normalized spacial score (nSPS) is 17.0. The van der Waals surface area contributed by atoms with Gasteiger partial charge in [-0.1, -0.05) is 36.2 Å². The highest BCUT2D eigenvalue weighted by atomic mass is 35.5. The van der Waals surface area contributed by atoms with E-state index < -0.39 is 0 Å². The molecule has 1 heterocycles. The average molecular weight is 368 g/mol. The van der Waals surface area contributed by atoms with Crippen molar-refractivity contribution in [2.45, 2.75) is 32.7 Å². The molecule has 0 saturated carbocycles. The molecule has 0 N–H and O–H groups in total. The van der Waals surface area contributed by atoms with Crippen LogP contribution in [0.4, 0.5) is 0 Å². The molecule has 0 aliphatic heterocycles. The Labute approximate surface area is 151 Å². The van der Waals surface area contributed by atoms with Gasteiger partial charge in [-0.3, -0.25) is 4.79 Å². The summed E-state index contributed by atoms with van der Waals surface area (Å²) < 4.78 is 0. The highest BCUT2D eigenvalue weighted by Gasteiger charge is 2.22. The van der Waals surface area contributed by atoms with Crippen LogP contribution in [-0.4, -0.2) is 17.9 Å². The molecule has 0 bridgehead atoms. The van der Waals surface area contributed by atoms with Crippen molar-refractivity contribution in [1.82, 2.24) is 4.90 Å². The Hall–Kier alpha value is -1.03. The van der Waals surface area contributed by atoms with Gasteiger partial charge in [0.05, 0.1) is 4.88 Å². The lowest BCUT2D eigenvalue weighted by atomic mass is 9.90. The summed E-state index contributed by atoms with van der Waals surface area (Å²) in [6, 6.07) is 7.46. The Morgan fingerprint density at radius 1 is 1.35 bits per heavy atom. The van der Waals surface area contributed by atoms with Gasteiger partial charge in [-0.15, -0.1) is 11.3 Å². The predicted molar refractivity (Wildman–Crippen MR) is 97.8 cm³/mol. The Kier molecular flexibility index (Phi) is 5.00. The van der Waals surface area contributed by atoms with Crippen molar-refractivity contribution in [2.75, 3.05) is 7.05 Å². The summed E-state index contributed by atoms with van der Waals surface area (Å²) in [7, 11) is 1.81. The minimum absolute atomic E-state index is 0.0584. The molecule has 0 radical (unpaired) electrons. The standard InChI is InChI=1S/C18H19Cl2NOS/c1-11-3-6-16-13(7-11)8-17(23-16)18(22)21(2)10-12-4-5-14(19)9-15(12)20/h4-5,8-9,11H,3,6-7,10H2,1-2H3/t11-/m0/s1. The van der Waals surface area contributed by atoms with Crippen LogP contribution in [0, 0.1) is 5.92 Å². The molecule has 1 aliphatic rings. The highest BCUT2D eigenvalue weighted by molar-refractivity contribution is 7.14. The number of nitrogens with zero attached hydrogens (tertiary/aromatic N) is 1. The fourth-order valence-electron chi connectivity index (χ4n) is 2.98. The second kappa shape index (κ2) is 6.84. The van der Waals surface area contributed by atoms with Gasteiger partial charge in [0.1, 0.15) is 0 Å². The van der Waals surface area contributed by atoms with Crippen LogP contribution >= 0.6 is 34.5 Å². The number of aryl methyl sites for hydroxylation is 1. The van der Waals surface area contributed by atoms with Crippen molar-refractivity contribution >= 4 is 40.4 Å². The lowest BCUT2D eigenvalue weighted by molar-refractivity contribution is 0.0790. The second-order valence-electron chi connectivity index (χ2n) is 6.30. The first-order chi connectivity index (χ1) is 10.9. The largest absolute Gasteiger partial charge is 0.337 e. The molecule has 0 unspecified atom stereocenters. The zero-order valence-corrected chi connectivity index (χ0v) is 15.6. The van der Waals surface area contributed by atoms with Gasteiger partial charge in [0.15, 0.2) is 0 Å². The summed E-state index contributed by atoms with van der Waals surface area (Å²) in [5.74, 6) is 0.772. The van der Waals surface area contributed by atoms with Crippen molar-refractivity contribution in [1.29, 1.82) is 0 Å². The molecule has 1 aromatic carbocycles. The topological polar surface area (TPSA) is 20.3 Å². The summed E-state index contributed by atoms with van der Waals surface area (Å²) in [6.07, 6.45) is 3.41. The molecular weight excluding hydrogens is 349 g/mol. The van der Waals surface area contributed by atoms with Crippen LogP contribution in [-0.2, 0) is 19.4 Å². The Morgan fingerprint density at radius 3 is 2.87 bits per heavy atom. The van der Waals surface area contributed by atoms with E-state index in [0.29, 0.717) is 22.5 Å². The number of carbonyl (C=O) groups excluding carboxylic acids is 1. The fraction of sp³-hybridized carbons (Fsp3) is 0.389. The van der Waals surface area contributed by atoms with E-state index in [0.717, 1.165) is 23.3 Å². The van der Waals surface area contributed by atoms with Crippen molar-refractivity contribution in [3.05, 3.63) is 55.2 Å². The van der Waals surface area contributed by atoms with Crippen LogP contribution in [0.1, 0.15) is 39.0 Å². The summed E-state index contributed by atoms with van der Waals surface area (Å²) in [5, 5.41) is 1.20. The molecule has 23 heavy (non-hydrogen) atoms. The monoisotopic (exact) mass is 367 g/mol. The van der Waals surface area contributed by atoms with Gasteiger partial charge in [-0.05, 0) is 54.5 Å². The summed E-state index contributed by atoms with van der Waals surface area (Å²) in [5.41, 5.74) is 2.26. The zero-order valence-electron chi connectivity index (χ0n) is 13.2. The maximum Gasteiger partial charge on any atom is 0.263 e. The molecule has 0 spiro atoms. The van der Waals surface area contributed by atoms with Crippen molar-refractivity contribution in [2.24, 2.45) is 5.92 Å². The fourth-order valence-corrected chi connectivity index (χ4v) is 4.65. The van der Waals surface area contributed by atoms with E-state index in [1.54, 1.807) is 28.4 Å².